The van der Waals surface area contributed by atoms with Crippen molar-refractivity contribution in [1.82, 2.24) is 5.43 Å². The molecule has 0 saturated carbocycles. The summed E-state index contributed by atoms with van der Waals surface area (Å²) in [7, 11) is 0. The van der Waals surface area contributed by atoms with Crippen LogP contribution in [0, 0.1) is 0 Å². The summed E-state index contributed by atoms with van der Waals surface area (Å²) in [6.45, 7) is 5.14. The molecule has 1 amide bonds. The zero-order valence-electron chi connectivity index (χ0n) is 18.3. The van der Waals surface area contributed by atoms with Crippen molar-refractivity contribution in [2.24, 2.45) is 5.10 Å². The van der Waals surface area contributed by atoms with Gasteiger partial charge in [-0.25, -0.2) is 5.43 Å². The third-order valence-corrected chi connectivity index (χ3v) is 5.24. The van der Waals surface area contributed by atoms with Crippen molar-refractivity contribution < 1.29 is 19.0 Å². The smallest absolute Gasteiger partial charge is 0.271 e. The Morgan fingerprint density at radius 2 is 1.70 bits per heavy atom. The molecule has 33 heavy (non-hydrogen) atoms. The number of nitrogens with zero attached hydrogens (tertiary/aromatic N) is 1. The number of carbonyl (C=O) groups excluding carboxylic acids is 1. The maximum Gasteiger partial charge on any atom is 0.271 e. The standard InChI is InChI=1S/C25H24BrClN2O4/c1-3-31-21-11-7-19(8-12-21)25(30)29-28-15-18-13-22(27)24(23(14-18)32-4-2)33-16-17-5-9-20(26)10-6-17/h5-15H,3-4,16H2,1-2H3,(H,29,30)/b28-15+. The molecule has 0 saturated heterocycles. The topological polar surface area (TPSA) is 69.2 Å². The van der Waals surface area contributed by atoms with Crippen LogP contribution in [0.2, 0.25) is 5.02 Å². The number of hydrogen-bond acceptors (Lipinski definition) is 5. The van der Waals surface area contributed by atoms with Crippen LogP contribution < -0.4 is 19.6 Å². The van der Waals surface area contributed by atoms with Gasteiger partial charge < -0.3 is 14.2 Å². The number of amides is 1. The Hall–Kier alpha value is -3.03. The van der Waals surface area contributed by atoms with Crippen LogP contribution in [0.3, 0.4) is 0 Å². The van der Waals surface area contributed by atoms with E-state index in [1.54, 1.807) is 36.4 Å². The largest absolute Gasteiger partial charge is 0.494 e. The lowest BCUT2D eigenvalue weighted by atomic mass is 10.2. The molecule has 0 unspecified atom stereocenters. The Morgan fingerprint density at radius 1 is 1.00 bits per heavy atom. The highest BCUT2D eigenvalue weighted by Gasteiger charge is 2.13. The minimum absolute atomic E-state index is 0.333. The quantitative estimate of drug-likeness (QED) is 0.248. The van der Waals surface area contributed by atoms with Crippen molar-refractivity contribution >= 4 is 39.7 Å². The summed E-state index contributed by atoms with van der Waals surface area (Å²) in [5.74, 6) is 1.33. The summed E-state index contributed by atoms with van der Waals surface area (Å²) in [5, 5.41) is 4.42. The summed E-state index contributed by atoms with van der Waals surface area (Å²) in [5.41, 5.74) is 4.64. The van der Waals surface area contributed by atoms with Gasteiger partial charge in [0.25, 0.3) is 5.91 Å². The highest BCUT2D eigenvalue weighted by molar-refractivity contribution is 9.10. The molecule has 3 aromatic rings. The molecule has 8 heteroatoms. The maximum absolute atomic E-state index is 12.3. The number of carbonyl (C=O) groups is 1. The molecule has 3 aromatic carbocycles. The zero-order chi connectivity index (χ0) is 23.6. The first-order valence-electron chi connectivity index (χ1n) is 10.4. The number of hydrazone groups is 1. The lowest BCUT2D eigenvalue weighted by Gasteiger charge is -2.14. The van der Waals surface area contributed by atoms with Crippen LogP contribution in [0.1, 0.15) is 35.3 Å². The van der Waals surface area contributed by atoms with Gasteiger partial charge >= 0.3 is 0 Å². The van der Waals surface area contributed by atoms with Gasteiger partial charge in [-0.05, 0) is 73.5 Å². The molecular weight excluding hydrogens is 508 g/mol. The van der Waals surface area contributed by atoms with E-state index in [0.717, 1.165) is 10.0 Å². The minimum Gasteiger partial charge on any atom is -0.494 e. The minimum atomic E-state index is -0.333. The van der Waals surface area contributed by atoms with E-state index >= 15 is 0 Å². The molecule has 0 atom stereocenters. The van der Waals surface area contributed by atoms with Gasteiger partial charge in [0, 0.05) is 10.0 Å². The second-order valence-electron chi connectivity index (χ2n) is 6.83. The molecule has 0 aliphatic rings. The maximum atomic E-state index is 12.3. The molecule has 0 radical (unpaired) electrons. The molecule has 172 valence electrons. The van der Waals surface area contributed by atoms with Crippen LogP contribution in [0.5, 0.6) is 17.2 Å². The van der Waals surface area contributed by atoms with Crippen molar-refractivity contribution in [3.8, 4) is 17.2 Å². The third kappa shape index (κ3) is 7.23. The van der Waals surface area contributed by atoms with Gasteiger partial charge in [-0.15, -0.1) is 0 Å². The number of benzene rings is 3. The molecule has 0 bridgehead atoms. The van der Waals surface area contributed by atoms with Crippen molar-refractivity contribution in [3.63, 3.8) is 0 Å². The number of nitrogens with one attached hydrogen (secondary N) is 1. The molecule has 0 heterocycles. The predicted octanol–water partition coefficient (Wildman–Crippen LogP) is 6.24. The van der Waals surface area contributed by atoms with E-state index in [-0.39, 0.29) is 5.91 Å². The van der Waals surface area contributed by atoms with Gasteiger partial charge in [0.2, 0.25) is 0 Å². The second kappa shape index (κ2) is 12.3. The van der Waals surface area contributed by atoms with E-state index in [0.29, 0.717) is 53.2 Å². The Balaban J connectivity index is 1.67. The first kappa shape index (κ1) is 24.6. The highest BCUT2D eigenvalue weighted by Crippen LogP contribution is 2.37. The first-order chi connectivity index (χ1) is 16.0. The average Bonchev–Trinajstić information content (AvgIpc) is 2.80. The molecule has 6 nitrogen and oxygen atoms in total. The van der Waals surface area contributed by atoms with E-state index in [1.807, 2.05) is 38.1 Å². The number of halogens is 2. The summed E-state index contributed by atoms with van der Waals surface area (Å²) in [4.78, 5) is 12.3. The first-order valence-corrected chi connectivity index (χ1v) is 11.6. The van der Waals surface area contributed by atoms with Crippen molar-refractivity contribution in [2.45, 2.75) is 20.5 Å². The van der Waals surface area contributed by atoms with E-state index in [9.17, 15) is 4.79 Å². The molecule has 3 rings (SSSR count). The molecule has 0 fully saturated rings. The van der Waals surface area contributed by atoms with Crippen LogP contribution in [-0.4, -0.2) is 25.3 Å². The Labute approximate surface area is 206 Å². The molecule has 0 aliphatic heterocycles. The van der Waals surface area contributed by atoms with Gasteiger partial charge in [-0.1, -0.05) is 39.7 Å². The lowest BCUT2D eigenvalue weighted by Crippen LogP contribution is -2.17. The summed E-state index contributed by atoms with van der Waals surface area (Å²) < 4.78 is 18.0. The normalized spacial score (nSPS) is 10.8. The lowest BCUT2D eigenvalue weighted by molar-refractivity contribution is 0.0955. The van der Waals surface area contributed by atoms with E-state index in [2.05, 4.69) is 26.5 Å². The van der Waals surface area contributed by atoms with Crippen molar-refractivity contribution in [1.29, 1.82) is 0 Å². The van der Waals surface area contributed by atoms with Crippen LogP contribution in [-0.2, 0) is 6.61 Å². The molecule has 0 aromatic heterocycles. The van der Waals surface area contributed by atoms with Crippen LogP contribution in [0.15, 0.2) is 70.2 Å². The van der Waals surface area contributed by atoms with E-state index < -0.39 is 0 Å². The van der Waals surface area contributed by atoms with Crippen molar-refractivity contribution in [2.75, 3.05) is 13.2 Å². The van der Waals surface area contributed by atoms with Gasteiger partial charge in [0.15, 0.2) is 11.5 Å². The third-order valence-electron chi connectivity index (χ3n) is 4.44. The molecule has 0 spiro atoms. The van der Waals surface area contributed by atoms with E-state index in [4.69, 9.17) is 25.8 Å². The average molecular weight is 532 g/mol. The molecule has 1 N–H and O–H groups in total. The zero-order valence-corrected chi connectivity index (χ0v) is 20.7. The number of rotatable bonds is 10. The Bertz CT molecular complexity index is 1100. The molecular formula is C25H24BrClN2O4. The fourth-order valence-electron chi connectivity index (χ4n) is 2.90. The number of ether oxygens (including phenoxy) is 3. The summed E-state index contributed by atoms with van der Waals surface area (Å²) in [6, 6.07) is 18.1. The Morgan fingerprint density at radius 3 is 2.36 bits per heavy atom. The second-order valence-corrected chi connectivity index (χ2v) is 8.16. The van der Waals surface area contributed by atoms with Crippen molar-refractivity contribution in [3.05, 3.63) is 86.8 Å². The van der Waals surface area contributed by atoms with Crippen LogP contribution in [0.4, 0.5) is 0 Å². The molecule has 0 aliphatic carbocycles. The van der Waals surface area contributed by atoms with Gasteiger partial charge in [-0.3, -0.25) is 4.79 Å². The summed E-state index contributed by atoms with van der Waals surface area (Å²) >= 11 is 9.89. The van der Waals surface area contributed by atoms with Crippen LogP contribution >= 0.6 is 27.5 Å². The Kier molecular flexibility index (Phi) is 9.15. The summed E-state index contributed by atoms with van der Waals surface area (Å²) in [6.07, 6.45) is 1.50. The highest BCUT2D eigenvalue weighted by atomic mass is 79.9. The van der Waals surface area contributed by atoms with Gasteiger partial charge in [-0.2, -0.15) is 5.10 Å². The predicted molar refractivity (Wildman–Crippen MR) is 134 cm³/mol. The van der Waals surface area contributed by atoms with Gasteiger partial charge in [0.05, 0.1) is 24.5 Å². The van der Waals surface area contributed by atoms with Crippen LogP contribution in [0.25, 0.3) is 0 Å². The SMILES string of the molecule is CCOc1ccc(C(=O)N/N=C/c2cc(Cl)c(OCc3ccc(Br)cc3)c(OCC)c2)cc1. The van der Waals surface area contributed by atoms with E-state index in [1.165, 1.54) is 6.21 Å². The van der Waals surface area contributed by atoms with Gasteiger partial charge in [0.1, 0.15) is 12.4 Å². The fourth-order valence-corrected chi connectivity index (χ4v) is 3.44. The fraction of sp³-hybridized carbons (Fsp3) is 0.200. The number of hydrogen-bond donors (Lipinski definition) is 1. The monoisotopic (exact) mass is 530 g/mol.